The van der Waals surface area contributed by atoms with E-state index in [1.807, 2.05) is 80.3 Å². The second kappa shape index (κ2) is 26.4. The molecule has 1 saturated heterocycles. The predicted octanol–water partition coefficient (Wildman–Crippen LogP) is 8.81. The highest BCUT2D eigenvalue weighted by molar-refractivity contribution is 7.93. The number of hydrogen-bond acceptors (Lipinski definition) is 14. The van der Waals surface area contributed by atoms with Gasteiger partial charge in [0.1, 0.15) is 18.1 Å². The Hall–Kier alpha value is -6.49. The van der Waals surface area contributed by atoms with E-state index in [1.54, 1.807) is 37.4 Å². The fourth-order valence-corrected chi connectivity index (χ4v) is 11.2. The van der Waals surface area contributed by atoms with E-state index < -0.39 is 26.0 Å². The smallest absolute Gasteiger partial charge is 0.309 e. The standard InChI is InChI=1S/C23H29ClN6O2S.C16H19ClN4O3S.C16H21NO3/c1-23(2,3)16-5-7-18(8-6-16)33(31,32)29-19-13-17(24)14-26-20(19)22-28-27-21(30(22)4)15-9-11-25-12-10-15;1-16(2,3)10-4-6-12(7-5-10)25(23,24)21-13-8-11(17)9-19-14(13)15(22)20-18;1-17-15(18)13-7-9-14(10-8-13)16(19)20-11-12-5-3-2-4-6-12/h5-8,13-15,25,29H,9-12H2,1-4H3;4-9,21H,18H2,1-3H3,(H,20,22);2-6,13-14H,7-11H2,1H3,(H,17,18). The van der Waals surface area contributed by atoms with Crippen molar-refractivity contribution >= 4 is 72.4 Å². The summed E-state index contributed by atoms with van der Waals surface area (Å²) in [6.45, 7) is 14.5. The van der Waals surface area contributed by atoms with Crippen LogP contribution in [0.2, 0.25) is 10.0 Å². The molecule has 4 heterocycles. The topological polar surface area (TPSA) is 271 Å². The van der Waals surface area contributed by atoms with E-state index >= 15 is 0 Å². The molecule has 0 bridgehead atoms. The molecule has 2 amide bonds. The number of rotatable bonds is 13. The van der Waals surface area contributed by atoms with E-state index in [9.17, 15) is 31.2 Å². The number of nitrogens with one attached hydrogen (secondary N) is 5. The summed E-state index contributed by atoms with van der Waals surface area (Å²) < 4.78 is 63.7. The van der Waals surface area contributed by atoms with Crippen LogP contribution in [0.1, 0.15) is 119 Å². The average molecular weight is 1150 g/mol. The van der Waals surface area contributed by atoms with E-state index in [0.717, 1.165) is 74.1 Å². The Morgan fingerprint density at radius 2 is 1.21 bits per heavy atom. The van der Waals surface area contributed by atoms with Gasteiger partial charge in [0.05, 0.1) is 37.1 Å². The van der Waals surface area contributed by atoms with Crippen molar-refractivity contribution in [3.8, 4) is 11.5 Å². The molecular weight excluding hydrogens is 1080 g/mol. The number of halogens is 2. The monoisotopic (exact) mass is 1150 g/mol. The molecule has 8 rings (SSSR count). The highest BCUT2D eigenvalue weighted by Gasteiger charge is 2.31. The van der Waals surface area contributed by atoms with Gasteiger partial charge in [0, 0.05) is 38.3 Å². The van der Waals surface area contributed by atoms with Crippen LogP contribution >= 0.6 is 23.2 Å². The van der Waals surface area contributed by atoms with Crippen LogP contribution in [0, 0.1) is 11.8 Å². The number of hydrogen-bond donors (Lipinski definition) is 6. The Bertz CT molecular complexity index is 3250. The minimum atomic E-state index is -3.93. The molecule has 2 aliphatic rings. The van der Waals surface area contributed by atoms with Gasteiger partial charge in [-0.2, -0.15) is 0 Å². The number of carbonyl (C=O) groups is 3. The SMILES string of the molecule is CC(C)(C)c1ccc(S(=O)(=O)Nc2cc(Cl)cnc2C(=O)NN)cc1.CNC(=O)C1CCC(C(=O)OCc2ccccc2)CC1.Cn1c(-c2ncc(Cl)cc2NS(=O)(=O)c2ccc(C(C)(C)C)cc2)nnc1C1CCNCC1. The summed E-state index contributed by atoms with van der Waals surface area (Å²) in [5, 5.41) is 15.3. The van der Waals surface area contributed by atoms with Crippen molar-refractivity contribution in [2.75, 3.05) is 29.6 Å². The van der Waals surface area contributed by atoms with Crippen LogP contribution in [0.3, 0.4) is 0 Å². The summed E-state index contributed by atoms with van der Waals surface area (Å²) in [6, 6.07) is 25.9. The van der Waals surface area contributed by atoms with Gasteiger partial charge in [-0.05, 0) is 116 Å². The fourth-order valence-electron chi connectivity index (χ4n) is 8.76. The largest absolute Gasteiger partial charge is 0.461 e. The summed E-state index contributed by atoms with van der Waals surface area (Å²) in [5.41, 5.74) is 5.19. The maximum absolute atomic E-state index is 13.2. The third-order valence-electron chi connectivity index (χ3n) is 13.3. The van der Waals surface area contributed by atoms with Gasteiger partial charge in [0.25, 0.3) is 26.0 Å². The van der Waals surface area contributed by atoms with Crippen molar-refractivity contribution in [1.29, 1.82) is 0 Å². The molecule has 0 unspecified atom stereocenters. The number of anilines is 2. The number of hydrazine groups is 1. The fraction of sp³-hybridized carbons (Fsp3) is 0.400. The minimum absolute atomic E-state index is 0.0539. The van der Waals surface area contributed by atoms with E-state index in [1.165, 1.54) is 30.6 Å². The number of aromatic nitrogens is 5. The Morgan fingerprint density at radius 1 is 0.705 bits per heavy atom. The summed E-state index contributed by atoms with van der Waals surface area (Å²) >= 11 is 12.0. The number of esters is 1. The molecule has 19 nitrogen and oxygen atoms in total. The average Bonchev–Trinajstić information content (AvgIpc) is 3.86. The van der Waals surface area contributed by atoms with Crippen LogP contribution in [0.15, 0.2) is 113 Å². The second-order valence-corrected chi connectivity index (χ2v) is 25.3. The molecule has 78 heavy (non-hydrogen) atoms. The van der Waals surface area contributed by atoms with Crippen molar-refractivity contribution in [3.63, 3.8) is 0 Å². The van der Waals surface area contributed by atoms with E-state index in [0.29, 0.717) is 29.1 Å². The van der Waals surface area contributed by atoms with E-state index in [-0.39, 0.29) is 66.4 Å². The van der Waals surface area contributed by atoms with Crippen LogP contribution in [0.25, 0.3) is 11.5 Å². The van der Waals surface area contributed by atoms with Gasteiger partial charge in [-0.3, -0.25) is 29.3 Å². The maximum Gasteiger partial charge on any atom is 0.309 e. The zero-order chi connectivity index (χ0) is 57.0. The zero-order valence-electron chi connectivity index (χ0n) is 45.1. The first-order chi connectivity index (χ1) is 36.8. The number of pyridine rings is 2. The molecule has 0 atom stereocenters. The highest BCUT2D eigenvalue weighted by atomic mass is 35.5. The van der Waals surface area contributed by atoms with Crippen LogP contribution in [-0.4, -0.2) is 79.5 Å². The Balaban J connectivity index is 0.000000196. The summed E-state index contributed by atoms with van der Waals surface area (Å²) in [6.07, 6.45) is 7.68. The van der Waals surface area contributed by atoms with Crippen LogP contribution in [-0.2, 0) is 58.9 Å². The third-order valence-corrected chi connectivity index (χ3v) is 16.5. The van der Waals surface area contributed by atoms with E-state index in [2.05, 4.69) is 61.0 Å². The molecule has 1 saturated carbocycles. The van der Waals surface area contributed by atoms with Crippen molar-refractivity contribution < 1.29 is 36.0 Å². The van der Waals surface area contributed by atoms with Gasteiger partial charge in [-0.1, -0.05) is 119 Å². The lowest BCUT2D eigenvalue weighted by molar-refractivity contribution is -0.152. The van der Waals surface area contributed by atoms with Crippen molar-refractivity contribution in [3.05, 3.63) is 142 Å². The molecule has 1 aliphatic carbocycles. The molecule has 418 valence electrons. The van der Waals surface area contributed by atoms with Crippen LogP contribution in [0.4, 0.5) is 11.4 Å². The quantitative estimate of drug-likeness (QED) is 0.0273. The van der Waals surface area contributed by atoms with Gasteiger partial charge in [0.15, 0.2) is 11.5 Å². The lowest BCUT2D eigenvalue weighted by atomic mass is 9.81. The third kappa shape index (κ3) is 16.3. The van der Waals surface area contributed by atoms with Crippen molar-refractivity contribution in [2.45, 2.75) is 113 Å². The molecule has 2 fully saturated rings. The molecule has 7 N–H and O–H groups in total. The number of amides is 2. The number of nitrogens with two attached hydrogens (primary N) is 1. The Labute approximate surface area is 467 Å². The van der Waals surface area contributed by atoms with Crippen LogP contribution < -0.4 is 31.3 Å². The molecule has 6 aromatic rings. The molecule has 3 aromatic heterocycles. The lowest BCUT2D eigenvalue weighted by Crippen LogP contribution is -2.32. The van der Waals surface area contributed by atoms with Crippen LogP contribution in [0.5, 0.6) is 0 Å². The summed E-state index contributed by atoms with van der Waals surface area (Å²) in [5.74, 6) is 5.96. The first-order valence-electron chi connectivity index (χ1n) is 25.4. The number of ether oxygens (including phenoxy) is 1. The maximum atomic E-state index is 13.2. The summed E-state index contributed by atoms with van der Waals surface area (Å²) in [4.78, 5) is 43.7. The van der Waals surface area contributed by atoms with Crippen molar-refractivity contribution in [1.82, 2.24) is 40.8 Å². The number of nitrogens with zero attached hydrogens (tertiary/aromatic N) is 5. The normalized spacial score (nSPS) is 16.0. The zero-order valence-corrected chi connectivity index (χ0v) is 48.2. The molecule has 0 spiro atoms. The van der Waals surface area contributed by atoms with Gasteiger partial charge in [-0.15, -0.1) is 10.2 Å². The first kappa shape index (κ1) is 60.7. The number of piperidine rings is 1. The number of nitrogen functional groups attached to an aromatic ring is 1. The molecule has 23 heteroatoms. The predicted molar refractivity (Wildman–Crippen MR) is 303 cm³/mol. The Morgan fingerprint density at radius 3 is 1.72 bits per heavy atom. The molecule has 3 aromatic carbocycles. The highest BCUT2D eigenvalue weighted by Crippen LogP contribution is 2.34. The first-order valence-corrected chi connectivity index (χ1v) is 29.1. The minimum Gasteiger partial charge on any atom is -0.461 e. The second-order valence-electron chi connectivity index (χ2n) is 21.1. The molecule has 0 radical (unpaired) electrons. The number of carbonyl (C=O) groups excluding carboxylic acids is 3. The number of benzene rings is 3. The van der Waals surface area contributed by atoms with E-state index in [4.69, 9.17) is 33.8 Å². The van der Waals surface area contributed by atoms with Gasteiger partial charge in [-0.25, -0.2) is 32.6 Å². The molecule has 1 aliphatic heterocycles. The Kier molecular flexibility index (Phi) is 20.6. The lowest BCUT2D eigenvalue weighted by Gasteiger charge is -2.26. The number of sulfonamides is 2. The van der Waals surface area contributed by atoms with Crippen molar-refractivity contribution in [2.24, 2.45) is 24.7 Å². The van der Waals surface area contributed by atoms with Gasteiger partial charge < -0.3 is 19.9 Å². The van der Waals surface area contributed by atoms with Gasteiger partial charge >= 0.3 is 5.97 Å². The molecular formula is C55H69Cl2N11O8S2. The van der Waals surface area contributed by atoms with Gasteiger partial charge in [0.2, 0.25) is 5.91 Å². The summed E-state index contributed by atoms with van der Waals surface area (Å²) in [7, 11) is -4.25.